The van der Waals surface area contributed by atoms with Crippen LogP contribution in [-0.2, 0) is 4.79 Å². The number of anilines is 1. The Morgan fingerprint density at radius 1 is 1.12 bits per heavy atom. The first kappa shape index (κ1) is 16.9. The van der Waals surface area contributed by atoms with Crippen molar-refractivity contribution in [3.63, 3.8) is 0 Å². The van der Waals surface area contributed by atoms with Crippen LogP contribution < -0.4 is 11.0 Å². The molecular formula is C18H15ClN4O2. The second kappa shape index (κ2) is 7.27. The first-order valence-electron chi connectivity index (χ1n) is 7.63. The van der Waals surface area contributed by atoms with Crippen LogP contribution in [0.1, 0.15) is 13.0 Å². The molecule has 0 spiro atoms. The van der Waals surface area contributed by atoms with Crippen LogP contribution >= 0.6 is 11.6 Å². The summed E-state index contributed by atoms with van der Waals surface area (Å²) in [5.41, 5.74) is 1.12. The van der Waals surface area contributed by atoms with Crippen molar-refractivity contribution in [3.8, 4) is 11.3 Å². The highest BCUT2D eigenvalue weighted by molar-refractivity contribution is 6.33. The molecule has 25 heavy (non-hydrogen) atoms. The number of para-hydroxylation sites is 1. The minimum atomic E-state index is -0.832. The van der Waals surface area contributed by atoms with Crippen molar-refractivity contribution in [1.82, 2.24) is 14.8 Å². The molecule has 7 heteroatoms. The van der Waals surface area contributed by atoms with Crippen molar-refractivity contribution in [1.29, 1.82) is 0 Å². The molecular weight excluding hydrogens is 340 g/mol. The summed E-state index contributed by atoms with van der Waals surface area (Å²) in [6.45, 7) is 1.57. The Hall–Kier alpha value is -2.99. The lowest BCUT2D eigenvalue weighted by molar-refractivity contribution is -0.119. The van der Waals surface area contributed by atoms with Crippen LogP contribution in [0.2, 0.25) is 5.02 Å². The molecule has 0 aliphatic rings. The van der Waals surface area contributed by atoms with Crippen molar-refractivity contribution in [3.05, 3.63) is 76.3 Å². The Bertz CT molecular complexity index is 957. The lowest BCUT2D eigenvalue weighted by atomic mass is 10.2. The van der Waals surface area contributed by atoms with Gasteiger partial charge in [0.15, 0.2) is 0 Å². The van der Waals surface area contributed by atoms with E-state index in [0.717, 1.165) is 10.2 Å². The molecule has 1 amide bonds. The third-order valence-electron chi connectivity index (χ3n) is 3.66. The van der Waals surface area contributed by atoms with Crippen LogP contribution in [0.3, 0.4) is 0 Å². The second-order valence-corrected chi connectivity index (χ2v) is 5.79. The van der Waals surface area contributed by atoms with Crippen molar-refractivity contribution < 1.29 is 4.79 Å². The van der Waals surface area contributed by atoms with E-state index < -0.39 is 17.6 Å². The largest absolute Gasteiger partial charge is 0.365 e. The fraction of sp³-hybridized carbons (Fsp3) is 0.111. The second-order valence-electron chi connectivity index (χ2n) is 5.38. The van der Waals surface area contributed by atoms with Crippen LogP contribution in [-0.4, -0.2) is 20.7 Å². The van der Waals surface area contributed by atoms with Gasteiger partial charge in [0.2, 0.25) is 5.91 Å². The molecule has 6 nitrogen and oxygen atoms in total. The molecule has 0 bridgehead atoms. The molecule has 1 atom stereocenters. The van der Waals surface area contributed by atoms with Gasteiger partial charge in [-0.25, -0.2) is 9.48 Å². The molecule has 3 rings (SSSR count). The predicted molar refractivity (Wildman–Crippen MR) is 96.5 cm³/mol. The van der Waals surface area contributed by atoms with Crippen molar-refractivity contribution in [2.24, 2.45) is 0 Å². The van der Waals surface area contributed by atoms with Crippen LogP contribution in [0.15, 0.2) is 65.6 Å². The SMILES string of the molecule is C[C@H](C(=O)Nc1ccccc1Cl)n1ncc(-c2ccccc2)nc1=O. The fourth-order valence-corrected chi connectivity index (χ4v) is 2.46. The van der Waals surface area contributed by atoms with E-state index in [-0.39, 0.29) is 0 Å². The Morgan fingerprint density at radius 2 is 1.80 bits per heavy atom. The van der Waals surface area contributed by atoms with Gasteiger partial charge in [0, 0.05) is 5.56 Å². The van der Waals surface area contributed by atoms with Gasteiger partial charge >= 0.3 is 5.69 Å². The maximum absolute atomic E-state index is 12.4. The molecule has 0 saturated carbocycles. The van der Waals surface area contributed by atoms with Gasteiger partial charge in [-0.05, 0) is 19.1 Å². The van der Waals surface area contributed by atoms with Gasteiger partial charge in [-0.15, -0.1) is 0 Å². The number of rotatable bonds is 4. The summed E-state index contributed by atoms with van der Waals surface area (Å²) in [5, 5.41) is 7.19. The molecule has 0 saturated heterocycles. The van der Waals surface area contributed by atoms with Crippen LogP contribution in [0.25, 0.3) is 11.3 Å². The maximum Gasteiger partial charge on any atom is 0.365 e. The van der Waals surface area contributed by atoms with Gasteiger partial charge in [0.05, 0.1) is 22.6 Å². The summed E-state index contributed by atoms with van der Waals surface area (Å²) < 4.78 is 1.04. The summed E-state index contributed by atoms with van der Waals surface area (Å²) in [6.07, 6.45) is 1.47. The number of aromatic nitrogens is 3. The molecule has 0 aliphatic heterocycles. The standard InChI is InChI=1S/C18H15ClN4O2/c1-12(17(24)21-15-10-6-5-9-14(15)19)23-18(25)22-16(11-20-23)13-7-3-2-4-8-13/h2-12H,1H3,(H,21,24)/t12-/m1/s1. The monoisotopic (exact) mass is 354 g/mol. The Morgan fingerprint density at radius 3 is 2.48 bits per heavy atom. The average Bonchev–Trinajstić information content (AvgIpc) is 2.63. The smallest absolute Gasteiger partial charge is 0.323 e. The van der Waals surface area contributed by atoms with Gasteiger partial charge in [-0.3, -0.25) is 4.79 Å². The first-order chi connectivity index (χ1) is 12.1. The number of carbonyl (C=O) groups excluding carboxylic acids is 1. The van der Waals surface area contributed by atoms with Crippen LogP contribution in [0.5, 0.6) is 0 Å². The molecule has 3 aromatic rings. The quantitative estimate of drug-likeness (QED) is 0.780. The number of amides is 1. The molecule has 1 heterocycles. The molecule has 1 aromatic heterocycles. The number of benzene rings is 2. The molecule has 0 radical (unpaired) electrons. The molecule has 0 unspecified atom stereocenters. The Kier molecular flexibility index (Phi) is 4.90. The van der Waals surface area contributed by atoms with Gasteiger partial charge in [0.1, 0.15) is 6.04 Å². The number of halogens is 1. The molecule has 1 N–H and O–H groups in total. The van der Waals surface area contributed by atoms with E-state index in [4.69, 9.17) is 11.6 Å². The first-order valence-corrected chi connectivity index (χ1v) is 8.01. The third-order valence-corrected chi connectivity index (χ3v) is 3.99. The minimum absolute atomic E-state index is 0.406. The van der Waals surface area contributed by atoms with E-state index in [9.17, 15) is 9.59 Å². The normalized spacial score (nSPS) is 11.8. The molecule has 0 fully saturated rings. The molecule has 0 aliphatic carbocycles. The van der Waals surface area contributed by atoms with Crippen molar-refractivity contribution >= 4 is 23.2 Å². The maximum atomic E-state index is 12.4. The zero-order valence-corrected chi connectivity index (χ0v) is 14.1. The van der Waals surface area contributed by atoms with Crippen molar-refractivity contribution in [2.75, 3.05) is 5.32 Å². The number of carbonyl (C=O) groups is 1. The predicted octanol–water partition coefficient (Wildman–Crippen LogP) is 3.16. The highest BCUT2D eigenvalue weighted by atomic mass is 35.5. The number of hydrogen-bond acceptors (Lipinski definition) is 4. The van der Waals surface area contributed by atoms with Crippen LogP contribution in [0, 0.1) is 0 Å². The van der Waals surface area contributed by atoms with E-state index in [1.165, 1.54) is 6.20 Å². The Balaban J connectivity index is 1.83. The molecule has 126 valence electrons. The van der Waals surface area contributed by atoms with Gasteiger partial charge in [0.25, 0.3) is 0 Å². The third kappa shape index (κ3) is 3.75. The van der Waals surface area contributed by atoms with Gasteiger partial charge < -0.3 is 5.32 Å². The van der Waals surface area contributed by atoms with Gasteiger partial charge in [-0.1, -0.05) is 54.1 Å². The number of nitrogens with zero attached hydrogens (tertiary/aromatic N) is 3. The van der Waals surface area contributed by atoms with Crippen LogP contribution in [0.4, 0.5) is 5.69 Å². The topological polar surface area (TPSA) is 76.9 Å². The minimum Gasteiger partial charge on any atom is -0.323 e. The summed E-state index contributed by atoms with van der Waals surface area (Å²) in [6, 6.07) is 15.3. The van der Waals surface area contributed by atoms with E-state index in [2.05, 4.69) is 15.4 Å². The molecule has 2 aromatic carbocycles. The highest BCUT2D eigenvalue weighted by Crippen LogP contribution is 2.21. The number of hydrogen-bond donors (Lipinski definition) is 1. The average molecular weight is 355 g/mol. The lowest BCUT2D eigenvalue weighted by Gasteiger charge is -2.14. The summed E-state index contributed by atoms with van der Waals surface area (Å²) in [5.74, 6) is -0.406. The highest BCUT2D eigenvalue weighted by Gasteiger charge is 2.19. The fourth-order valence-electron chi connectivity index (χ4n) is 2.27. The van der Waals surface area contributed by atoms with E-state index >= 15 is 0 Å². The van der Waals surface area contributed by atoms with E-state index in [0.29, 0.717) is 16.4 Å². The Labute approximate surface area is 149 Å². The van der Waals surface area contributed by atoms with E-state index in [1.54, 1.807) is 31.2 Å². The summed E-state index contributed by atoms with van der Waals surface area (Å²) in [4.78, 5) is 28.6. The zero-order chi connectivity index (χ0) is 17.8. The lowest BCUT2D eigenvalue weighted by Crippen LogP contribution is -2.34. The van der Waals surface area contributed by atoms with Gasteiger partial charge in [-0.2, -0.15) is 10.1 Å². The zero-order valence-electron chi connectivity index (χ0n) is 13.4. The summed E-state index contributed by atoms with van der Waals surface area (Å²) >= 11 is 6.03. The van der Waals surface area contributed by atoms with Crippen molar-refractivity contribution in [2.45, 2.75) is 13.0 Å². The summed E-state index contributed by atoms with van der Waals surface area (Å²) in [7, 11) is 0. The van der Waals surface area contributed by atoms with E-state index in [1.807, 2.05) is 30.3 Å². The number of nitrogens with one attached hydrogen (secondary N) is 1.